The summed E-state index contributed by atoms with van der Waals surface area (Å²) in [6.07, 6.45) is -1.63. The predicted octanol–water partition coefficient (Wildman–Crippen LogP) is 3.90. The second-order valence-electron chi connectivity index (χ2n) is 9.16. The average Bonchev–Trinajstić information content (AvgIpc) is 3.32. The minimum absolute atomic E-state index is 0.153. The molecule has 3 saturated heterocycles. The number of carboxylic acids is 1. The molecule has 0 saturated carbocycles. The number of carboxylic acid groups (broad SMARTS) is 1. The summed E-state index contributed by atoms with van der Waals surface area (Å²) in [7, 11) is 1.38. The van der Waals surface area contributed by atoms with Crippen molar-refractivity contribution in [2.75, 3.05) is 26.0 Å². The van der Waals surface area contributed by atoms with E-state index in [0.29, 0.717) is 19.5 Å². The van der Waals surface area contributed by atoms with E-state index >= 15 is 0 Å². The number of ether oxygens (including phenoxy) is 1. The van der Waals surface area contributed by atoms with Crippen LogP contribution < -0.4 is 0 Å². The topological polar surface area (TPSA) is 104 Å². The molecule has 204 valence electrons. The first-order valence-corrected chi connectivity index (χ1v) is 13.2. The Morgan fingerprint density at radius 1 is 1.14 bits per heavy atom. The van der Waals surface area contributed by atoms with Gasteiger partial charge in [-0.1, -0.05) is 19.1 Å². The molecule has 1 aromatic rings. The molecule has 12 heteroatoms. The first-order chi connectivity index (χ1) is 17.4. The highest BCUT2D eigenvalue weighted by Crippen LogP contribution is 2.58. The fourth-order valence-electron chi connectivity index (χ4n) is 5.71. The Bertz CT molecular complexity index is 1030. The van der Waals surface area contributed by atoms with E-state index in [1.165, 1.54) is 16.9 Å². The lowest BCUT2D eigenvalue weighted by Gasteiger charge is -2.44. The quantitative estimate of drug-likeness (QED) is 0.327. The van der Waals surface area contributed by atoms with Crippen molar-refractivity contribution in [2.24, 2.45) is 11.8 Å². The van der Waals surface area contributed by atoms with Crippen molar-refractivity contribution in [2.45, 2.75) is 62.2 Å². The van der Waals surface area contributed by atoms with E-state index in [1.807, 2.05) is 18.7 Å². The number of likely N-dealkylation sites (tertiary alicyclic amines) is 1. The molecule has 0 spiro atoms. The molecule has 2 amide bonds. The molecule has 0 unspecified atom stereocenters. The number of fused-ring (bicyclic) bond motifs is 3. The number of amides is 2. The van der Waals surface area contributed by atoms with Gasteiger partial charge in [-0.05, 0) is 62.6 Å². The SMILES string of the molecule is CCCSc1ccc([C@@H]2[C@@H]3C(=O)N(CC)C(=O)[C@@H]3[C@]3(C(=O)OC)CCCCN23)cc1.O=C(O)C(F)(F)F. The van der Waals surface area contributed by atoms with Gasteiger partial charge in [0.15, 0.2) is 0 Å². The van der Waals surface area contributed by atoms with Gasteiger partial charge in [-0.15, -0.1) is 11.8 Å². The highest BCUT2D eigenvalue weighted by atomic mass is 32.2. The van der Waals surface area contributed by atoms with Gasteiger partial charge in [-0.2, -0.15) is 13.2 Å². The van der Waals surface area contributed by atoms with Gasteiger partial charge in [0, 0.05) is 17.5 Å². The number of hydrogen-bond donors (Lipinski definition) is 1. The van der Waals surface area contributed by atoms with Crippen LogP contribution in [0.25, 0.3) is 0 Å². The highest BCUT2D eigenvalue weighted by molar-refractivity contribution is 7.99. The number of aliphatic carboxylic acids is 1. The number of imide groups is 1. The van der Waals surface area contributed by atoms with Crippen LogP contribution in [-0.4, -0.2) is 76.3 Å². The molecule has 0 bridgehead atoms. The molecule has 37 heavy (non-hydrogen) atoms. The third-order valence-corrected chi connectivity index (χ3v) is 8.36. The fraction of sp³-hybridized carbons (Fsp3) is 0.600. The summed E-state index contributed by atoms with van der Waals surface area (Å²) in [5.41, 5.74) is -0.0492. The number of nitrogens with zero attached hydrogens (tertiary/aromatic N) is 2. The number of hydrogen-bond acceptors (Lipinski definition) is 7. The lowest BCUT2D eigenvalue weighted by atomic mass is 9.75. The smallest absolute Gasteiger partial charge is 0.475 e. The molecule has 8 nitrogen and oxygen atoms in total. The Hall–Kier alpha value is -2.60. The van der Waals surface area contributed by atoms with Crippen LogP contribution in [0.1, 0.15) is 51.1 Å². The third-order valence-electron chi connectivity index (χ3n) is 7.14. The molecule has 3 heterocycles. The monoisotopic (exact) mass is 544 g/mol. The van der Waals surface area contributed by atoms with Gasteiger partial charge in [-0.3, -0.25) is 24.2 Å². The van der Waals surface area contributed by atoms with E-state index < -0.39 is 29.5 Å². The number of methoxy groups -OCH3 is 1. The van der Waals surface area contributed by atoms with E-state index in [0.717, 1.165) is 30.6 Å². The van der Waals surface area contributed by atoms with Gasteiger partial charge in [0.25, 0.3) is 0 Å². The van der Waals surface area contributed by atoms with Crippen LogP contribution in [0.15, 0.2) is 29.2 Å². The van der Waals surface area contributed by atoms with Crippen molar-refractivity contribution >= 4 is 35.5 Å². The Kier molecular flexibility index (Phi) is 8.94. The summed E-state index contributed by atoms with van der Waals surface area (Å²) in [6, 6.07) is 8.02. The summed E-state index contributed by atoms with van der Waals surface area (Å²) in [4.78, 5) is 53.4. The van der Waals surface area contributed by atoms with Crippen LogP contribution in [0.2, 0.25) is 0 Å². The first-order valence-electron chi connectivity index (χ1n) is 12.2. The molecule has 4 rings (SSSR count). The second kappa shape index (κ2) is 11.4. The molecule has 1 aromatic carbocycles. The number of carbonyl (C=O) groups excluding carboxylic acids is 3. The predicted molar refractivity (Wildman–Crippen MR) is 129 cm³/mol. The van der Waals surface area contributed by atoms with Gasteiger partial charge in [-0.25, -0.2) is 4.79 Å². The van der Waals surface area contributed by atoms with Crippen molar-refractivity contribution in [3.05, 3.63) is 29.8 Å². The number of esters is 1. The zero-order valence-electron chi connectivity index (χ0n) is 20.9. The standard InChI is InChI=1S/C23H30N2O4S.C2HF3O2/c1-4-14-30-16-10-8-15(9-11-16)19-17-18(21(27)24(5-2)20(17)26)23(22(28)29-3)12-6-7-13-25(19)23;3-2(4,5)1(6)7/h8-11,17-19H,4-7,12-14H2,1-3H3;(H,6,7)/t17-,18-,19-,23+;/m1./s1. The molecule has 3 aliphatic heterocycles. The van der Waals surface area contributed by atoms with E-state index in [-0.39, 0.29) is 23.8 Å². The van der Waals surface area contributed by atoms with E-state index in [1.54, 1.807) is 0 Å². The minimum Gasteiger partial charge on any atom is -0.475 e. The maximum Gasteiger partial charge on any atom is 0.490 e. The lowest BCUT2D eigenvalue weighted by molar-refractivity contribution is -0.192. The zero-order chi connectivity index (χ0) is 27.5. The minimum atomic E-state index is -5.08. The third kappa shape index (κ3) is 5.22. The molecule has 0 radical (unpaired) electrons. The summed E-state index contributed by atoms with van der Waals surface area (Å²) >= 11 is 1.81. The number of alkyl halides is 3. The second-order valence-corrected chi connectivity index (χ2v) is 10.3. The summed E-state index contributed by atoms with van der Waals surface area (Å²) in [6.45, 7) is 4.99. The Labute approximate surface area is 217 Å². The zero-order valence-corrected chi connectivity index (χ0v) is 21.7. The maximum atomic E-state index is 13.3. The maximum absolute atomic E-state index is 13.3. The molecule has 3 aliphatic rings. The van der Waals surface area contributed by atoms with Crippen LogP contribution in [0.3, 0.4) is 0 Å². The normalized spacial score (nSPS) is 27.3. The Morgan fingerprint density at radius 2 is 1.76 bits per heavy atom. The summed E-state index contributed by atoms with van der Waals surface area (Å²) < 4.78 is 37.0. The molecule has 1 N–H and O–H groups in total. The van der Waals surface area contributed by atoms with E-state index in [2.05, 4.69) is 36.1 Å². The van der Waals surface area contributed by atoms with Gasteiger partial charge < -0.3 is 9.84 Å². The molecule has 4 atom stereocenters. The van der Waals surface area contributed by atoms with Crippen LogP contribution in [0.4, 0.5) is 13.2 Å². The highest BCUT2D eigenvalue weighted by Gasteiger charge is 2.72. The van der Waals surface area contributed by atoms with Crippen LogP contribution in [-0.2, 0) is 23.9 Å². The lowest BCUT2D eigenvalue weighted by Crippen LogP contribution is -2.59. The first kappa shape index (κ1) is 29.0. The van der Waals surface area contributed by atoms with Gasteiger partial charge in [0.05, 0.1) is 18.9 Å². The van der Waals surface area contributed by atoms with Crippen molar-refractivity contribution in [1.82, 2.24) is 9.80 Å². The van der Waals surface area contributed by atoms with E-state index in [4.69, 9.17) is 14.6 Å². The van der Waals surface area contributed by atoms with E-state index in [9.17, 15) is 27.6 Å². The van der Waals surface area contributed by atoms with Crippen LogP contribution >= 0.6 is 11.8 Å². The molecule has 0 aliphatic carbocycles. The molecule has 3 fully saturated rings. The van der Waals surface area contributed by atoms with Crippen LogP contribution in [0, 0.1) is 11.8 Å². The van der Waals surface area contributed by atoms with Gasteiger partial charge in [0.2, 0.25) is 11.8 Å². The number of benzene rings is 1. The van der Waals surface area contributed by atoms with Crippen molar-refractivity contribution in [1.29, 1.82) is 0 Å². The van der Waals surface area contributed by atoms with Gasteiger partial charge >= 0.3 is 18.1 Å². The summed E-state index contributed by atoms with van der Waals surface area (Å²) in [5, 5.41) is 7.12. The molecular formula is C25H31F3N2O6S. The average molecular weight is 545 g/mol. The largest absolute Gasteiger partial charge is 0.490 e. The van der Waals surface area contributed by atoms with Gasteiger partial charge in [0.1, 0.15) is 5.54 Å². The summed E-state index contributed by atoms with van der Waals surface area (Å²) in [5.74, 6) is -3.66. The fourth-order valence-corrected chi connectivity index (χ4v) is 6.48. The van der Waals surface area contributed by atoms with Crippen LogP contribution in [0.5, 0.6) is 0 Å². The number of halogens is 3. The van der Waals surface area contributed by atoms with Crippen molar-refractivity contribution in [3.63, 3.8) is 0 Å². The van der Waals surface area contributed by atoms with Crippen molar-refractivity contribution in [3.8, 4) is 0 Å². The van der Waals surface area contributed by atoms with Crippen molar-refractivity contribution < 1.29 is 42.2 Å². The molecule has 0 aromatic heterocycles. The number of rotatable bonds is 6. The number of piperidine rings is 1. The Balaban J connectivity index is 0.000000479. The molecular weight excluding hydrogens is 513 g/mol. The Morgan fingerprint density at radius 3 is 2.27 bits per heavy atom. The number of thioether (sulfide) groups is 1. The number of carbonyl (C=O) groups is 4.